The largest absolute Gasteiger partial charge is 0.472 e. The van der Waals surface area contributed by atoms with Gasteiger partial charge in [-0.3, -0.25) is 13.8 Å². The average molecular weight is 894 g/mol. The second-order valence-corrected chi connectivity index (χ2v) is 17.5. The van der Waals surface area contributed by atoms with Crippen LogP contribution in [0.5, 0.6) is 0 Å². The minimum atomic E-state index is -5.37. The Hall–Kier alpha value is -1.02. The van der Waals surface area contributed by atoms with Gasteiger partial charge in [0.05, 0.1) is 25.9 Å². The van der Waals surface area contributed by atoms with Crippen molar-refractivity contribution < 1.29 is 98.4 Å². The van der Waals surface area contributed by atoms with Crippen molar-refractivity contribution in [3.63, 3.8) is 0 Å². The Morgan fingerprint density at radius 3 is 1.38 bits per heavy atom. The number of rotatable bonds is 27. The fourth-order valence-corrected chi connectivity index (χ4v) is 8.48. The molecule has 1 aliphatic carbocycles. The molecule has 3 aliphatic rings. The van der Waals surface area contributed by atoms with Crippen molar-refractivity contribution in [2.24, 2.45) is 0 Å². The van der Waals surface area contributed by atoms with Crippen LogP contribution in [-0.4, -0.2) is 191 Å². The maximum Gasteiger partial charge on any atom is 0.472 e. The van der Waals surface area contributed by atoms with Gasteiger partial charge in [0.15, 0.2) is 12.6 Å². The lowest BCUT2D eigenvalue weighted by Crippen LogP contribution is -2.69. The summed E-state index contributed by atoms with van der Waals surface area (Å²) >= 11 is 0. The summed E-state index contributed by atoms with van der Waals surface area (Å²) in [6.45, 7) is 1.53. The molecule has 13 N–H and O–H groups in total. The standard InChI is InChI=1S/C38H72NO20P/c1-3-5-6-7-8-9-10-11-12-13-14-15-16-17-24(42)39-21(4-2)20-54-60(52,53)59-36-34(57-37-32(50)27(45)25(43)22(18-40)55-37)30(48)29(47)31(49)35(36)58-38-33(51)28(46)26(44)23(19-41)56-38/h21-23,25-38,40-41,43-51H,3-20H2,1-2H3,(H,39,42)(H,52,53)/t21-,22?,23?,25-,26+,27?,28+,29?,30+,31?,32-,33?,34?,35?,36?,37-,38+/m1/s1. The maximum absolute atomic E-state index is 13.6. The second kappa shape index (κ2) is 26.7. The summed E-state index contributed by atoms with van der Waals surface area (Å²) in [4.78, 5) is 23.7. The van der Waals surface area contributed by atoms with Crippen molar-refractivity contribution in [3.05, 3.63) is 0 Å². The molecule has 1 amide bonds. The zero-order valence-corrected chi connectivity index (χ0v) is 35.5. The molecule has 18 atom stereocenters. The molecule has 2 heterocycles. The quantitative estimate of drug-likeness (QED) is 0.0324. The predicted octanol–water partition coefficient (Wildman–Crippen LogP) is -1.67. The summed E-state index contributed by atoms with van der Waals surface area (Å²) in [6, 6.07) is -0.782. The lowest BCUT2D eigenvalue weighted by molar-refractivity contribution is -0.360. The van der Waals surface area contributed by atoms with E-state index in [2.05, 4.69) is 12.2 Å². The zero-order chi connectivity index (χ0) is 44.6. The van der Waals surface area contributed by atoms with Gasteiger partial charge in [-0.15, -0.1) is 0 Å². The molecular formula is C38H72NO20P. The van der Waals surface area contributed by atoms with E-state index in [9.17, 15) is 70.4 Å². The molecule has 0 bridgehead atoms. The van der Waals surface area contributed by atoms with Gasteiger partial charge in [-0.05, 0) is 12.8 Å². The van der Waals surface area contributed by atoms with Crippen molar-refractivity contribution >= 4 is 13.7 Å². The molecule has 60 heavy (non-hydrogen) atoms. The molecule has 10 unspecified atom stereocenters. The number of aliphatic hydroxyl groups is 11. The highest BCUT2D eigenvalue weighted by Gasteiger charge is 2.58. The van der Waals surface area contributed by atoms with Crippen LogP contribution in [0.4, 0.5) is 0 Å². The highest BCUT2D eigenvalue weighted by atomic mass is 31.2. The first-order valence-corrected chi connectivity index (χ1v) is 22.9. The number of unbranched alkanes of at least 4 members (excludes halogenated alkanes) is 12. The molecule has 2 saturated heterocycles. The van der Waals surface area contributed by atoms with Crippen molar-refractivity contribution in [1.82, 2.24) is 5.32 Å². The van der Waals surface area contributed by atoms with Gasteiger partial charge in [-0.1, -0.05) is 90.9 Å². The van der Waals surface area contributed by atoms with Crippen LogP contribution in [0.3, 0.4) is 0 Å². The second-order valence-electron chi connectivity index (χ2n) is 16.1. The van der Waals surface area contributed by atoms with Crippen LogP contribution in [-0.2, 0) is 37.4 Å². The van der Waals surface area contributed by atoms with Gasteiger partial charge in [0.2, 0.25) is 5.91 Å². The van der Waals surface area contributed by atoms with Crippen LogP contribution in [0.15, 0.2) is 0 Å². The fourth-order valence-electron chi connectivity index (χ4n) is 7.50. The van der Waals surface area contributed by atoms with E-state index in [1.807, 2.05) is 0 Å². The van der Waals surface area contributed by atoms with E-state index in [1.165, 1.54) is 51.4 Å². The highest BCUT2D eigenvalue weighted by Crippen LogP contribution is 2.48. The Bertz CT molecular complexity index is 1200. The summed E-state index contributed by atoms with van der Waals surface area (Å²) in [5, 5.41) is 118. The Morgan fingerprint density at radius 1 is 0.583 bits per heavy atom. The summed E-state index contributed by atoms with van der Waals surface area (Å²) in [5.41, 5.74) is 0. The van der Waals surface area contributed by atoms with Crippen LogP contribution < -0.4 is 5.32 Å². The van der Waals surface area contributed by atoms with E-state index in [0.29, 0.717) is 6.42 Å². The lowest BCUT2D eigenvalue weighted by Gasteiger charge is -2.49. The molecule has 3 fully saturated rings. The van der Waals surface area contributed by atoms with E-state index in [-0.39, 0.29) is 18.7 Å². The fraction of sp³-hybridized carbons (Fsp3) is 0.974. The first-order chi connectivity index (χ1) is 28.5. The van der Waals surface area contributed by atoms with E-state index in [0.717, 1.165) is 25.7 Å². The molecule has 354 valence electrons. The third kappa shape index (κ3) is 15.6. The van der Waals surface area contributed by atoms with Gasteiger partial charge >= 0.3 is 7.82 Å². The summed E-state index contributed by atoms with van der Waals surface area (Å²) in [6.07, 6.45) is -16.8. The monoisotopic (exact) mass is 893 g/mol. The van der Waals surface area contributed by atoms with Crippen molar-refractivity contribution in [2.45, 2.75) is 214 Å². The predicted molar refractivity (Wildman–Crippen MR) is 208 cm³/mol. The van der Waals surface area contributed by atoms with E-state index in [1.54, 1.807) is 6.92 Å². The van der Waals surface area contributed by atoms with Crippen LogP contribution in [0.1, 0.15) is 110 Å². The average Bonchev–Trinajstić information content (AvgIpc) is 3.22. The molecule has 3 rings (SSSR count). The van der Waals surface area contributed by atoms with Gasteiger partial charge in [-0.25, -0.2) is 4.57 Å². The van der Waals surface area contributed by atoms with Crippen molar-refractivity contribution in [1.29, 1.82) is 0 Å². The van der Waals surface area contributed by atoms with Crippen LogP contribution >= 0.6 is 7.82 Å². The molecule has 2 aliphatic heterocycles. The molecule has 0 radical (unpaired) electrons. The molecule has 21 nitrogen and oxygen atoms in total. The minimum absolute atomic E-state index is 0.218. The SMILES string of the molecule is CCCCCCCCCCCCCCCC(=O)N[C@H](CC)COP(=O)(O)OC1C(O[C@@H]2OC(CO)[C@H](O)[C@H](O)C2O)C(O)C(O)[C@H](O)C1O[C@H]1OC(CO)[C@@H](O)C(O)[C@H]1O. The number of amides is 1. The number of carbonyl (C=O) groups excluding carboxylic acids is 1. The first kappa shape index (κ1) is 53.3. The van der Waals surface area contributed by atoms with Crippen molar-refractivity contribution in [2.75, 3.05) is 19.8 Å². The van der Waals surface area contributed by atoms with Gasteiger partial charge < -0.3 is 85.3 Å². The summed E-state index contributed by atoms with van der Waals surface area (Å²) < 4.78 is 46.2. The van der Waals surface area contributed by atoms with E-state index >= 15 is 0 Å². The normalized spacial score (nSPS) is 37.7. The Morgan fingerprint density at radius 2 is 0.983 bits per heavy atom. The first-order valence-electron chi connectivity index (χ1n) is 21.4. The van der Waals surface area contributed by atoms with Gasteiger partial charge in [0.1, 0.15) is 85.5 Å². The van der Waals surface area contributed by atoms with Gasteiger partial charge in [0, 0.05) is 6.42 Å². The third-order valence-electron chi connectivity index (χ3n) is 11.4. The van der Waals surface area contributed by atoms with Crippen LogP contribution in [0.2, 0.25) is 0 Å². The summed E-state index contributed by atoms with van der Waals surface area (Å²) in [7, 11) is -5.37. The number of hydrogen-bond donors (Lipinski definition) is 13. The number of hydrogen-bond acceptors (Lipinski definition) is 19. The molecule has 1 saturated carbocycles. The third-order valence-corrected chi connectivity index (χ3v) is 12.3. The molecule has 0 spiro atoms. The Labute approximate surface area is 351 Å². The number of carbonyl (C=O) groups is 1. The molecule has 0 aromatic carbocycles. The number of ether oxygens (including phenoxy) is 4. The number of aliphatic hydroxyl groups excluding tert-OH is 11. The summed E-state index contributed by atoms with van der Waals surface area (Å²) in [5.74, 6) is -0.310. The van der Waals surface area contributed by atoms with E-state index in [4.69, 9.17) is 28.0 Å². The molecular weight excluding hydrogens is 821 g/mol. The number of phosphoric ester groups is 1. The maximum atomic E-state index is 13.6. The Kier molecular flexibility index (Phi) is 23.7. The molecule has 0 aromatic rings. The van der Waals surface area contributed by atoms with Gasteiger partial charge in [-0.2, -0.15) is 0 Å². The zero-order valence-electron chi connectivity index (χ0n) is 34.6. The van der Waals surface area contributed by atoms with Crippen LogP contribution in [0, 0.1) is 0 Å². The lowest BCUT2D eigenvalue weighted by atomic mass is 9.84. The molecule has 22 heteroatoms. The number of phosphoric acid groups is 1. The highest BCUT2D eigenvalue weighted by molar-refractivity contribution is 7.47. The number of nitrogens with one attached hydrogen (secondary N) is 1. The van der Waals surface area contributed by atoms with Crippen LogP contribution in [0.25, 0.3) is 0 Å². The molecule has 0 aromatic heterocycles. The topological polar surface area (TPSA) is 344 Å². The Balaban J connectivity index is 1.66. The minimum Gasteiger partial charge on any atom is -0.394 e. The van der Waals surface area contributed by atoms with Gasteiger partial charge in [0.25, 0.3) is 0 Å². The van der Waals surface area contributed by atoms with E-state index < -0.39 is 132 Å². The van der Waals surface area contributed by atoms with Crippen molar-refractivity contribution in [3.8, 4) is 0 Å². The smallest absolute Gasteiger partial charge is 0.394 e.